The molecule has 1 heterocycles. The van der Waals surface area contributed by atoms with Gasteiger partial charge in [0.15, 0.2) is 9.84 Å². The molecule has 0 aliphatic carbocycles. The number of ether oxygens (including phenoxy) is 1. The fraction of sp³-hybridized carbons (Fsp3) is 0.455. The quantitative estimate of drug-likeness (QED) is 0.771. The minimum atomic E-state index is -3.22. The molecule has 0 aromatic heterocycles. The number of nitrogens with zero attached hydrogens (tertiary/aromatic N) is 1. The van der Waals surface area contributed by atoms with E-state index in [9.17, 15) is 8.42 Å². The third-order valence-corrected chi connectivity index (χ3v) is 3.85. The van der Waals surface area contributed by atoms with Gasteiger partial charge in [-0.15, -0.1) is 0 Å². The molecule has 0 radical (unpaired) electrons. The molecule has 100 valence electrons. The van der Waals surface area contributed by atoms with Gasteiger partial charge in [0.05, 0.1) is 29.5 Å². The van der Waals surface area contributed by atoms with Crippen LogP contribution in [-0.2, 0) is 14.6 Å². The molecule has 6 nitrogen and oxygen atoms in total. The predicted molar refractivity (Wildman–Crippen MR) is 70.0 cm³/mol. The second kappa shape index (κ2) is 5.13. The highest BCUT2D eigenvalue weighted by molar-refractivity contribution is 7.90. The summed E-state index contributed by atoms with van der Waals surface area (Å²) in [6.45, 7) is 2.89. The largest absolute Gasteiger partial charge is 0.397 e. The fourth-order valence-electron chi connectivity index (χ4n) is 1.72. The Bertz CT molecular complexity index is 524. The van der Waals surface area contributed by atoms with Crippen LogP contribution in [0.1, 0.15) is 0 Å². The zero-order valence-corrected chi connectivity index (χ0v) is 11.0. The van der Waals surface area contributed by atoms with Crippen molar-refractivity contribution in [2.24, 2.45) is 0 Å². The van der Waals surface area contributed by atoms with Gasteiger partial charge in [-0.05, 0) is 18.2 Å². The molecule has 1 fully saturated rings. The summed E-state index contributed by atoms with van der Waals surface area (Å²) in [4.78, 5) is 0.229. The Hall–Kier alpha value is -1.31. The molecule has 0 saturated carbocycles. The average Bonchev–Trinajstić information content (AvgIpc) is 2.32. The molecule has 18 heavy (non-hydrogen) atoms. The zero-order valence-electron chi connectivity index (χ0n) is 10.2. The molecule has 0 amide bonds. The first-order valence-electron chi connectivity index (χ1n) is 5.66. The van der Waals surface area contributed by atoms with Crippen molar-refractivity contribution in [1.29, 1.82) is 0 Å². The molecule has 1 aromatic rings. The van der Waals surface area contributed by atoms with E-state index in [1.54, 1.807) is 12.1 Å². The van der Waals surface area contributed by atoms with Gasteiger partial charge in [0, 0.05) is 19.3 Å². The second-order valence-corrected chi connectivity index (χ2v) is 6.25. The number of anilines is 2. The van der Waals surface area contributed by atoms with E-state index in [-0.39, 0.29) is 4.90 Å². The monoisotopic (exact) mass is 271 g/mol. The summed E-state index contributed by atoms with van der Waals surface area (Å²) in [5.74, 6) is 0. The average molecular weight is 271 g/mol. The smallest absolute Gasteiger partial charge is 0.175 e. The lowest BCUT2D eigenvalue weighted by molar-refractivity contribution is 0.0497. The molecule has 1 saturated heterocycles. The third kappa shape index (κ3) is 3.12. The normalized spacial score (nSPS) is 17.6. The molecule has 0 atom stereocenters. The third-order valence-electron chi connectivity index (χ3n) is 2.74. The number of hydrogen-bond donors (Lipinski definition) is 2. The summed E-state index contributed by atoms with van der Waals surface area (Å²) >= 11 is 0. The van der Waals surface area contributed by atoms with Crippen molar-refractivity contribution in [2.75, 3.05) is 43.7 Å². The summed E-state index contributed by atoms with van der Waals surface area (Å²) in [6.07, 6.45) is 1.16. The van der Waals surface area contributed by atoms with Crippen molar-refractivity contribution in [2.45, 2.75) is 4.90 Å². The van der Waals surface area contributed by atoms with Crippen molar-refractivity contribution < 1.29 is 13.2 Å². The maximum Gasteiger partial charge on any atom is 0.175 e. The molecule has 7 heteroatoms. The maximum atomic E-state index is 11.4. The summed E-state index contributed by atoms with van der Waals surface area (Å²) in [5.41, 5.74) is 10.1. The van der Waals surface area contributed by atoms with E-state index < -0.39 is 9.84 Å². The summed E-state index contributed by atoms with van der Waals surface area (Å²) in [5, 5.41) is 2.00. The van der Waals surface area contributed by atoms with Gasteiger partial charge in [-0.2, -0.15) is 0 Å². The standard InChI is InChI=1S/C11H17N3O3S/c1-18(15,16)9-2-3-11(10(12)8-9)13-14-4-6-17-7-5-14/h2-3,8,13H,4-7,12H2,1H3. The topological polar surface area (TPSA) is 84.7 Å². The number of morpholine rings is 1. The van der Waals surface area contributed by atoms with Crippen molar-refractivity contribution in [3.05, 3.63) is 18.2 Å². The Kier molecular flexibility index (Phi) is 3.74. The Morgan fingerprint density at radius 3 is 2.56 bits per heavy atom. The summed E-state index contributed by atoms with van der Waals surface area (Å²) in [7, 11) is -3.22. The van der Waals surface area contributed by atoms with Crippen molar-refractivity contribution >= 4 is 21.2 Å². The fourth-order valence-corrected chi connectivity index (χ4v) is 2.38. The van der Waals surface area contributed by atoms with E-state index in [0.29, 0.717) is 24.6 Å². The van der Waals surface area contributed by atoms with E-state index in [1.165, 1.54) is 6.07 Å². The summed E-state index contributed by atoms with van der Waals surface area (Å²) < 4.78 is 28.0. The number of nitrogens with two attached hydrogens (primary N) is 1. The molecular formula is C11H17N3O3S. The number of benzene rings is 1. The van der Waals surface area contributed by atoms with Gasteiger partial charge in [0.25, 0.3) is 0 Å². The van der Waals surface area contributed by atoms with Crippen molar-refractivity contribution in [3.63, 3.8) is 0 Å². The lowest BCUT2D eigenvalue weighted by Crippen LogP contribution is -2.40. The highest BCUT2D eigenvalue weighted by Gasteiger charge is 2.13. The van der Waals surface area contributed by atoms with Gasteiger partial charge in [-0.25, -0.2) is 13.4 Å². The van der Waals surface area contributed by atoms with Crippen molar-refractivity contribution in [3.8, 4) is 0 Å². The van der Waals surface area contributed by atoms with Crippen LogP contribution in [0.2, 0.25) is 0 Å². The highest BCUT2D eigenvalue weighted by atomic mass is 32.2. The van der Waals surface area contributed by atoms with Crippen LogP contribution in [0, 0.1) is 0 Å². The van der Waals surface area contributed by atoms with Gasteiger partial charge >= 0.3 is 0 Å². The van der Waals surface area contributed by atoms with Crippen LogP contribution in [0.4, 0.5) is 11.4 Å². The first-order chi connectivity index (χ1) is 8.47. The highest BCUT2D eigenvalue weighted by Crippen LogP contribution is 2.23. The lowest BCUT2D eigenvalue weighted by atomic mass is 10.3. The molecule has 0 unspecified atom stereocenters. The molecule has 1 aliphatic rings. The minimum Gasteiger partial charge on any atom is -0.397 e. The van der Waals surface area contributed by atoms with Gasteiger partial charge < -0.3 is 15.9 Å². The molecule has 3 N–H and O–H groups in total. The number of hydrazine groups is 1. The van der Waals surface area contributed by atoms with Crippen LogP contribution in [0.15, 0.2) is 23.1 Å². The molecular weight excluding hydrogens is 254 g/mol. The van der Waals surface area contributed by atoms with Crippen LogP contribution in [0.25, 0.3) is 0 Å². The number of rotatable bonds is 3. The van der Waals surface area contributed by atoms with Crippen LogP contribution < -0.4 is 11.2 Å². The predicted octanol–water partition coefficient (Wildman–Crippen LogP) is 0.331. The lowest BCUT2D eigenvalue weighted by Gasteiger charge is -2.28. The Morgan fingerprint density at radius 1 is 1.33 bits per heavy atom. The van der Waals surface area contributed by atoms with Crippen LogP contribution in [0.3, 0.4) is 0 Å². The minimum absolute atomic E-state index is 0.229. The van der Waals surface area contributed by atoms with E-state index in [4.69, 9.17) is 10.5 Å². The van der Waals surface area contributed by atoms with Crippen LogP contribution in [-0.4, -0.2) is 46.0 Å². The van der Waals surface area contributed by atoms with E-state index in [1.807, 2.05) is 5.01 Å². The number of nitrogens with one attached hydrogen (secondary N) is 1. The van der Waals surface area contributed by atoms with E-state index in [2.05, 4.69) is 5.43 Å². The molecule has 1 aromatic carbocycles. The number of sulfone groups is 1. The second-order valence-electron chi connectivity index (χ2n) is 4.23. The maximum absolute atomic E-state index is 11.4. The molecule has 0 bridgehead atoms. The zero-order chi connectivity index (χ0) is 13.2. The SMILES string of the molecule is CS(=O)(=O)c1ccc(NN2CCOCC2)c(N)c1. The summed E-state index contributed by atoms with van der Waals surface area (Å²) in [6, 6.07) is 4.70. The molecule has 1 aliphatic heterocycles. The number of nitrogen functional groups attached to an aromatic ring is 1. The molecule has 0 spiro atoms. The number of hydrogen-bond acceptors (Lipinski definition) is 6. The van der Waals surface area contributed by atoms with Gasteiger partial charge in [0.2, 0.25) is 0 Å². The van der Waals surface area contributed by atoms with Gasteiger partial charge in [0.1, 0.15) is 0 Å². The van der Waals surface area contributed by atoms with Crippen molar-refractivity contribution in [1.82, 2.24) is 5.01 Å². The van der Waals surface area contributed by atoms with E-state index >= 15 is 0 Å². The van der Waals surface area contributed by atoms with Gasteiger partial charge in [-0.1, -0.05) is 0 Å². The first-order valence-corrected chi connectivity index (χ1v) is 7.55. The first kappa shape index (κ1) is 13.1. The Labute approximate surface area is 107 Å². The van der Waals surface area contributed by atoms with Gasteiger partial charge in [-0.3, -0.25) is 0 Å². The Morgan fingerprint density at radius 2 is 2.00 bits per heavy atom. The van der Waals surface area contributed by atoms with E-state index in [0.717, 1.165) is 19.3 Å². The molecule has 2 rings (SSSR count). The van der Waals surface area contributed by atoms with Crippen LogP contribution >= 0.6 is 0 Å². The Balaban J connectivity index is 2.14. The van der Waals surface area contributed by atoms with Crippen LogP contribution in [0.5, 0.6) is 0 Å².